The van der Waals surface area contributed by atoms with Gasteiger partial charge >= 0.3 is 0 Å². The van der Waals surface area contributed by atoms with Crippen LogP contribution in [0.1, 0.15) is 44.4 Å². The van der Waals surface area contributed by atoms with Crippen LogP contribution in [0, 0.1) is 12.8 Å². The first kappa shape index (κ1) is 15.2. The lowest BCUT2D eigenvalue weighted by Crippen LogP contribution is -2.37. The molecule has 0 radical (unpaired) electrons. The maximum Gasteiger partial charge on any atom is 0.0473 e. The van der Waals surface area contributed by atoms with Crippen LogP contribution in [0.25, 0.3) is 0 Å². The van der Waals surface area contributed by atoms with Crippen molar-refractivity contribution in [3.63, 3.8) is 0 Å². The molecule has 0 bridgehead atoms. The van der Waals surface area contributed by atoms with E-state index in [0.717, 1.165) is 19.0 Å². The Morgan fingerprint density at radius 3 is 2.39 bits per heavy atom. The molecule has 0 aliphatic rings. The Labute approximate surface area is 112 Å². The van der Waals surface area contributed by atoms with Gasteiger partial charge in [0, 0.05) is 19.1 Å². The number of likely N-dealkylation sites (N-methyl/N-ethyl adjacent to an activating group) is 1. The molecular weight excluding hydrogens is 220 g/mol. The average Bonchev–Trinajstić information content (AvgIpc) is 2.40. The van der Waals surface area contributed by atoms with E-state index in [1.165, 1.54) is 17.5 Å². The van der Waals surface area contributed by atoms with Crippen molar-refractivity contribution in [2.75, 3.05) is 19.6 Å². The summed E-state index contributed by atoms with van der Waals surface area (Å²) in [5.41, 5.74) is 8.75. The molecule has 0 saturated heterocycles. The second-order valence-corrected chi connectivity index (χ2v) is 5.21. The van der Waals surface area contributed by atoms with Crippen molar-refractivity contribution in [1.82, 2.24) is 4.90 Å². The van der Waals surface area contributed by atoms with Crippen molar-refractivity contribution in [2.24, 2.45) is 11.7 Å². The molecule has 1 aromatic rings. The van der Waals surface area contributed by atoms with E-state index < -0.39 is 0 Å². The van der Waals surface area contributed by atoms with E-state index in [4.69, 9.17) is 5.73 Å². The van der Waals surface area contributed by atoms with Crippen LogP contribution in [0.2, 0.25) is 0 Å². The molecule has 0 amide bonds. The number of nitrogens with two attached hydrogens (primary N) is 1. The summed E-state index contributed by atoms with van der Waals surface area (Å²) in [4.78, 5) is 2.51. The minimum Gasteiger partial charge on any atom is -0.329 e. The van der Waals surface area contributed by atoms with Crippen LogP contribution < -0.4 is 5.73 Å². The summed E-state index contributed by atoms with van der Waals surface area (Å²) >= 11 is 0. The number of rotatable bonds is 7. The monoisotopic (exact) mass is 248 g/mol. The third-order valence-electron chi connectivity index (χ3n) is 3.86. The molecule has 2 heteroatoms. The van der Waals surface area contributed by atoms with Gasteiger partial charge in [-0.2, -0.15) is 0 Å². The molecule has 102 valence electrons. The molecule has 2 unspecified atom stereocenters. The molecule has 0 saturated carbocycles. The molecule has 0 spiro atoms. The molecule has 0 heterocycles. The van der Waals surface area contributed by atoms with Gasteiger partial charge in [0.25, 0.3) is 0 Å². The first-order valence-electron chi connectivity index (χ1n) is 7.13. The SMILES string of the molecule is CCC(C)CN(CC)C(CN)c1ccccc1C. The van der Waals surface area contributed by atoms with Crippen molar-refractivity contribution in [2.45, 2.75) is 40.2 Å². The maximum absolute atomic E-state index is 6.03. The molecule has 2 N–H and O–H groups in total. The predicted octanol–water partition coefficient (Wildman–Crippen LogP) is 3.36. The van der Waals surface area contributed by atoms with Gasteiger partial charge in [0.15, 0.2) is 0 Å². The lowest BCUT2D eigenvalue weighted by atomic mass is 9.98. The van der Waals surface area contributed by atoms with Gasteiger partial charge in [-0.1, -0.05) is 51.5 Å². The van der Waals surface area contributed by atoms with Gasteiger partial charge in [-0.3, -0.25) is 4.90 Å². The highest BCUT2D eigenvalue weighted by Crippen LogP contribution is 2.24. The van der Waals surface area contributed by atoms with E-state index >= 15 is 0 Å². The minimum atomic E-state index is 0.352. The average molecular weight is 248 g/mol. The van der Waals surface area contributed by atoms with Crippen molar-refractivity contribution in [1.29, 1.82) is 0 Å². The molecule has 0 aliphatic carbocycles. The first-order valence-corrected chi connectivity index (χ1v) is 7.13. The van der Waals surface area contributed by atoms with E-state index in [2.05, 4.69) is 56.9 Å². The zero-order chi connectivity index (χ0) is 13.5. The Morgan fingerprint density at radius 1 is 1.22 bits per heavy atom. The van der Waals surface area contributed by atoms with Crippen LogP contribution >= 0.6 is 0 Å². The quantitative estimate of drug-likeness (QED) is 0.801. The van der Waals surface area contributed by atoms with Crippen LogP contribution in [-0.4, -0.2) is 24.5 Å². The number of hydrogen-bond donors (Lipinski definition) is 1. The maximum atomic E-state index is 6.03. The van der Waals surface area contributed by atoms with Gasteiger partial charge in [-0.15, -0.1) is 0 Å². The molecule has 1 aromatic carbocycles. The van der Waals surface area contributed by atoms with E-state index in [0.29, 0.717) is 12.6 Å². The fourth-order valence-electron chi connectivity index (χ4n) is 2.44. The van der Waals surface area contributed by atoms with Gasteiger partial charge in [0.2, 0.25) is 0 Å². The fourth-order valence-corrected chi connectivity index (χ4v) is 2.44. The highest BCUT2D eigenvalue weighted by atomic mass is 15.2. The summed E-state index contributed by atoms with van der Waals surface area (Å²) in [5, 5.41) is 0. The Bertz CT molecular complexity index is 349. The standard InChI is InChI=1S/C16H28N2/c1-5-13(3)12-18(6-2)16(11-17)15-10-8-7-9-14(15)4/h7-10,13,16H,5-6,11-12,17H2,1-4H3. The van der Waals surface area contributed by atoms with Crippen molar-refractivity contribution < 1.29 is 0 Å². The third kappa shape index (κ3) is 3.82. The van der Waals surface area contributed by atoms with Crippen LogP contribution in [0.4, 0.5) is 0 Å². The van der Waals surface area contributed by atoms with Gasteiger partial charge in [0.1, 0.15) is 0 Å². The van der Waals surface area contributed by atoms with Crippen molar-refractivity contribution >= 4 is 0 Å². The number of nitrogens with zero attached hydrogens (tertiary/aromatic N) is 1. The summed E-state index contributed by atoms with van der Waals surface area (Å²) in [6, 6.07) is 8.95. The zero-order valence-corrected chi connectivity index (χ0v) is 12.3. The Kier molecular flexibility index (Phi) is 6.37. The number of benzene rings is 1. The smallest absolute Gasteiger partial charge is 0.0473 e. The molecule has 0 fully saturated rings. The van der Waals surface area contributed by atoms with Gasteiger partial charge in [-0.05, 0) is 30.5 Å². The zero-order valence-electron chi connectivity index (χ0n) is 12.3. The van der Waals surface area contributed by atoms with E-state index in [1.807, 2.05) is 0 Å². The number of aryl methyl sites for hydroxylation is 1. The Morgan fingerprint density at radius 2 is 1.89 bits per heavy atom. The lowest BCUT2D eigenvalue weighted by molar-refractivity contribution is 0.182. The Balaban J connectivity index is 2.89. The van der Waals surface area contributed by atoms with Gasteiger partial charge in [0.05, 0.1) is 0 Å². The summed E-state index contributed by atoms with van der Waals surface area (Å²) in [6.07, 6.45) is 1.22. The topological polar surface area (TPSA) is 29.3 Å². The molecular formula is C16H28N2. The van der Waals surface area contributed by atoms with Crippen LogP contribution in [-0.2, 0) is 0 Å². The van der Waals surface area contributed by atoms with E-state index in [1.54, 1.807) is 0 Å². The normalized spacial score (nSPS) is 14.8. The van der Waals surface area contributed by atoms with Gasteiger partial charge < -0.3 is 5.73 Å². The summed E-state index contributed by atoms with van der Waals surface area (Å²) in [7, 11) is 0. The van der Waals surface area contributed by atoms with Crippen LogP contribution in [0.3, 0.4) is 0 Å². The second kappa shape index (κ2) is 7.55. The molecule has 2 atom stereocenters. The second-order valence-electron chi connectivity index (χ2n) is 5.21. The van der Waals surface area contributed by atoms with Gasteiger partial charge in [-0.25, -0.2) is 0 Å². The molecule has 0 aliphatic heterocycles. The molecule has 0 aromatic heterocycles. The number of hydrogen-bond acceptors (Lipinski definition) is 2. The largest absolute Gasteiger partial charge is 0.329 e. The van der Waals surface area contributed by atoms with Crippen molar-refractivity contribution in [3.05, 3.63) is 35.4 Å². The third-order valence-corrected chi connectivity index (χ3v) is 3.86. The Hall–Kier alpha value is -0.860. The first-order chi connectivity index (χ1) is 8.63. The van der Waals surface area contributed by atoms with Crippen LogP contribution in [0.5, 0.6) is 0 Å². The minimum absolute atomic E-state index is 0.352. The molecule has 1 rings (SSSR count). The van der Waals surface area contributed by atoms with E-state index in [-0.39, 0.29) is 0 Å². The summed E-state index contributed by atoms with van der Waals surface area (Å²) in [6.45, 7) is 11.8. The summed E-state index contributed by atoms with van der Waals surface area (Å²) in [5.74, 6) is 0.725. The highest BCUT2D eigenvalue weighted by Gasteiger charge is 2.20. The molecule has 18 heavy (non-hydrogen) atoms. The van der Waals surface area contributed by atoms with E-state index in [9.17, 15) is 0 Å². The highest BCUT2D eigenvalue weighted by molar-refractivity contribution is 5.29. The predicted molar refractivity (Wildman–Crippen MR) is 79.7 cm³/mol. The lowest BCUT2D eigenvalue weighted by Gasteiger charge is -2.33. The molecule has 2 nitrogen and oxygen atoms in total. The summed E-state index contributed by atoms with van der Waals surface area (Å²) < 4.78 is 0. The van der Waals surface area contributed by atoms with Crippen LogP contribution in [0.15, 0.2) is 24.3 Å². The van der Waals surface area contributed by atoms with Crippen molar-refractivity contribution in [3.8, 4) is 0 Å². The fraction of sp³-hybridized carbons (Fsp3) is 0.625.